The van der Waals surface area contributed by atoms with Crippen molar-refractivity contribution in [1.29, 1.82) is 0 Å². The lowest BCUT2D eigenvalue weighted by atomic mass is 9.44. The largest absolute Gasteiger partial charge is 0.488 e. The predicted octanol–water partition coefficient (Wildman–Crippen LogP) is 3.50. The number of rotatable bonds is 25. The molecule has 4 aliphatic carbocycles. The van der Waals surface area contributed by atoms with Crippen molar-refractivity contribution in [3.8, 4) is 0 Å². The van der Waals surface area contributed by atoms with Crippen LogP contribution in [0, 0.1) is 46.3 Å². The zero-order chi connectivity index (χ0) is 48.2. The Morgan fingerprint density at radius 3 is 1.95 bits per heavy atom. The normalized spacial score (nSPS) is 28.5. The van der Waals surface area contributed by atoms with Crippen molar-refractivity contribution < 1.29 is 54.1 Å². The molecule has 0 saturated heterocycles. The van der Waals surface area contributed by atoms with Crippen LogP contribution in [-0.4, -0.2) is 112 Å². The van der Waals surface area contributed by atoms with Gasteiger partial charge in [-0.2, -0.15) is 0 Å². The number of fused-ring (bicyclic) bond motifs is 5. The van der Waals surface area contributed by atoms with Gasteiger partial charge >= 0.3 is 19.1 Å². The van der Waals surface area contributed by atoms with Gasteiger partial charge in [0.25, 0.3) is 5.91 Å². The summed E-state index contributed by atoms with van der Waals surface area (Å²) in [6.07, 6.45) is 13.6. The fourth-order valence-electron chi connectivity index (χ4n) is 12.9. The number of hydrogen-bond acceptors (Lipinski definition) is 10. The molecule has 4 amide bonds. The lowest BCUT2D eigenvalue weighted by molar-refractivity contribution is -0.142. The summed E-state index contributed by atoms with van der Waals surface area (Å²) in [7, 11) is -0.0267. The van der Waals surface area contributed by atoms with Crippen LogP contribution in [0.15, 0.2) is 24.3 Å². The average molecular weight is 924 g/mol. The van der Waals surface area contributed by atoms with E-state index >= 15 is 0 Å². The Labute approximate surface area is 391 Å². The molecular formula is C49H78BN5O11. The van der Waals surface area contributed by atoms with Gasteiger partial charge in [0.15, 0.2) is 0 Å². The number of carbonyl (C=O) groups is 6. The van der Waals surface area contributed by atoms with Gasteiger partial charge in [0, 0.05) is 31.5 Å². The number of hydrogen-bond donors (Lipinski definition) is 10. The number of carboxylic acids is 2. The van der Waals surface area contributed by atoms with E-state index in [0.717, 1.165) is 31.1 Å². The van der Waals surface area contributed by atoms with Crippen LogP contribution in [0.4, 0.5) is 0 Å². The van der Waals surface area contributed by atoms with Gasteiger partial charge in [-0.15, -0.1) is 0 Å². The van der Waals surface area contributed by atoms with E-state index < -0.39 is 43.1 Å². The van der Waals surface area contributed by atoms with Crippen molar-refractivity contribution in [3.63, 3.8) is 0 Å². The molecule has 0 bridgehead atoms. The quantitative estimate of drug-likeness (QED) is 0.0499. The highest BCUT2D eigenvalue weighted by atomic mass is 16.4. The monoisotopic (exact) mass is 924 g/mol. The number of amides is 4. The van der Waals surface area contributed by atoms with Crippen LogP contribution in [0.5, 0.6) is 0 Å². The Balaban J connectivity index is 0.943. The zero-order valence-corrected chi connectivity index (χ0v) is 39.7. The van der Waals surface area contributed by atoms with Gasteiger partial charge in [-0.05, 0) is 180 Å². The van der Waals surface area contributed by atoms with Crippen molar-refractivity contribution in [2.75, 3.05) is 20.1 Å². The molecule has 0 heterocycles. The maximum Gasteiger partial charge on any atom is 0.488 e. The topological polar surface area (TPSA) is 264 Å². The summed E-state index contributed by atoms with van der Waals surface area (Å²) >= 11 is 0. The summed E-state index contributed by atoms with van der Waals surface area (Å²) in [5, 5.41) is 62.1. The number of aliphatic carboxylic acids is 2. The summed E-state index contributed by atoms with van der Waals surface area (Å²) in [5.74, 6) is -0.154. The summed E-state index contributed by atoms with van der Waals surface area (Å²) < 4.78 is 0. The summed E-state index contributed by atoms with van der Waals surface area (Å²) in [4.78, 5) is 75.1. The van der Waals surface area contributed by atoms with Crippen molar-refractivity contribution in [1.82, 2.24) is 26.6 Å². The molecule has 0 spiro atoms. The van der Waals surface area contributed by atoms with Gasteiger partial charge in [0.05, 0.1) is 12.1 Å². The smallest absolute Gasteiger partial charge is 0.480 e. The van der Waals surface area contributed by atoms with Crippen LogP contribution < -0.4 is 32.0 Å². The second kappa shape index (κ2) is 24.3. The molecule has 66 heavy (non-hydrogen) atoms. The van der Waals surface area contributed by atoms with Gasteiger partial charge in [-0.3, -0.25) is 19.2 Å². The van der Waals surface area contributed by atoms with Crippen molar-refractivity contribution >= 4 is 48.1 Å². The summed E-state index contributed by atoms with van der Waals surface area (Å²) in [5.41, 5.74) is 1.19. The number of aliphatic hydroxyl groups excluding tert-OH is 1. The van der Waals surface area contributed by atoms with Gasteiger partial charge in [-0.25, -0.2) is 9.59 Å². The van der Waals surface area contributed by atoms with Crippen LogP contribution >= 0.6 is 0 Å². The second-order valence-electron chi connectivity index (χ2n) is 20.7. The Morgan fingerprint density at radius 2 is 1.30 bits per heavy atom. The van der Waals surface area contributed by atoms with Crippen LogP contribution in [0.2, 0.25) is 0 Å². The first-order valence-corrected chi connectivity index (χ1v) is 24.8. The van der Waals surface area contributed by atoms with Crippen molar-refractivity contribution in [2.45, 2.75) is 167 Å². The number of unbranched alkanes of at least 4 members (excludes halogenated alkanes) is 2. The maximum atomic E-state index is 13.1. The molecule has 1 aromatic rings. The molecule has 16 nitrogen and oxygen atoms in total. The van der Waals surface area contributed by atoms with E-state index in [9.17, 15) is 54.1 Å². The summed E-state index contributed by atoms with van der Waals surface area (Å²) in [6.45, 7) is 7.86. The lowest BCUT2D eigenvalue weighted by Gasteiger charge is -2.61. The highest BCUT2D eigenvalue weighted by Crippen LogP contribution is 2.68. The standard InChI is InChI=1S/C49H78BN5O11/c1-30(36-18-19-37-35-17-14-32-29-34(56)23-25-48(32,2)38(35)24-26-49(36,37)3)11-21-43(58)54-41(47(63)64)20-22-42(57)52-27-7-5-9-39(51-4)45(60)55-40(46(61)62)10-6-8-28-53-44(59)31-12-15-33(16-13-31)50(65)66/h12-13,15-16,30,32,34-41,51,56,65-66H,5-11,14,17-29H2,1-4H3,(H,52,57)(H,53,59)(H,54,58)(H,55,60)(H,61,62)(H,63,64)/t30?,32-,34-,35?,36?,37?,38?,39?,40?,41?,48+,49-/m0/s1. The van der Waals surface area contributed by atoms with Crippen molar-refractivity contribution in [2.24, 2.45) is 46.3 Å². The molecule has 0 aromatic heterocycles. The molecular weight excluding hydrogens is 845 g/mol. The van der Waals surface area contributed by atoms with Crippen LogP contribution in [0.3, 0.4) is 0 Å². The number of benzene rings is 1. The molecule has 4 saturated carbocycles. The SMILES string of the molecule is CNC(CCCCNC(=O)CCC(NC(=O)CCC(C)C1CCC2C3CC[C@H]4C[C@@H](O)CC[C@@]4(C)C3CC[C@@]12C)C(=O)O)C(=O)NC(CCCCNC(=O)c1ccc(B(O)O)cc1)C(=O)O. The molecule has 5 rings (SSSR count). The van der Waals surface area contributed by atoms with E-state index in [1.165, 1.54) is 62.8 Å². The first kappa shape index (κ1) is 52.9. The number of carbonyl (C=O) groups excluding carboxylic acids is 4. The minimum absolute atomic E-state index is 0.0412. The average Bonchev–Trinajstić information content (AvgIpc) is 3.64. The predicted molar refractivity (Wildman–Crippen MR) is 250 cm³/mol. The second-order valence-corrected chi connectivity index (χ2v) is 20.7. The Kier molecular flexibility index (Phi) is 19.5. The molecule has 4 fully saturated rings. The van der Waals surface area contributed by atoms with Crippen LogP contribution in [0.25, 0.3) is 0 Å². The molecule has 368 valence electrons. The van der Waals surface area contributed by atoms with E-state index in [2.05, 4.69) is 47.4 Å². The number of carboxylic acid groups (broad SMARTS) is 2. The van der Waals surface area contributed by atoms with E-state index in [4.69, 9.17) is 0 Å². The van der Waals surface area contributed by atoms with E-state index in [-0.39, 0.29) is 66.9 Å². The third kappa shape index (κ3) is 13.6. The summed E-state index contributed by atoms with van der Waals surface area (Å²) in [6, 6.07) is 2.86. The number of aliphatic hydroxyl groups is 1. The van der Waals surface area contributed by atoms with E-state index in [1.54, 1.807) is 7.05 Å². The fraction of sp³-hybridized carbons (Fsp3) is 0.755. The van der Waals surface area contributed by atoms with E-state index in [0.29, 0.717) is 79.7 Å². The molecule has 12 atom stereocenters. The molecule has 0 aliphatic heterocycles. The Hall–Kier alpha value is -4.06. The molecule has 10 N–H and O–H groups in total. The van der Waals surface area contributed by atoms with Crippen LogP contribution in [0.1, 0.15) is 153 Å². The number of likely N-dealkylation sites (N-methyl/N-ethyl adjacent to an activating group) is 1. The van der Waals surface area contributed by atoms with Gasteiger partial charge in [0.2, 0.25) is 17.7 Å². The molecule has 8 unspecified atom stereocenters. The van der Waals surface area contributed by atoms with Crippen LogP contribution in [-0.2, 0) is 24.0 Å². The molecule has 4 aliphatic rings. The van der Waals surface area contributed by atoms with Gasteiger partial charge < -0.3 is 52.0 Å². The highest BCUT2D eigenvalue weighted by Gasteiger charge is 2.60. The number of nitrogens with one attached hydrogen (secondary N) is 5. The zero-order valence-electron chi connectivity index (χ0n) is 39.7. The molecule has 17 heteroatoms. The van der Waals surface area contributed by atoms with Crippen molar-refractivity contribution in [3.05, 3.63) is 29.8 Å². The third-order valence-electron chi connectivity index (χ3n) is 16.7. The fourth-order valence-corrected chi connectivity index (χ4v) is 12.9. The lowest BCUT2D eigenvalue weighted by Crippen LogP contribution is -2.54. The Bertz CT molecular complexity index is 1820. The minimum Gasteiger partial charge on any atom is -0.480 e. The first-order valence-electron chi connectivity index (χ1n) is 24.8. The van der Waals surface area contributed by atoms with Gasteiger partial charge in [0.1, 0.15) is 12.1 Å². The van der Waals surface area contributed by atoms with Gasteiger partial charge in [-0.1, -0.05) is 32.9 Å². The third-order valence-corrected chi connectivity index (χ3v) is 16.7. The first-order chi connectivity index (χ1) is 31.4. The Morgan fingerprint density at radius 1 is 0.697 bits per heavy atom. The van der Waals surface area contributed by atoms with E-state index in [1.807, 2.05) is 0 Å². The maximum absolute atomic E-state index is 13.1. The minimum atomic E-state index is -1.63. The highest BCUT2D eigenvalue weighted by molar-refractivity contribution is 6.58. The molecule has 1 aromatic carbocycles. The molecule has 0 radical (unpaired) electrons.